The third-order valence-electron chi connectivity index (χ3n) is 2.24. The maximum absolute atomic E-state index is 12.2. The van der Waals surface area contributed by atoms with Crippen LogP contribution in [0.1, 0.15) is 6.92 Å². The number of hydrogen-bond donors (Lipinski definition) is 3. The van der Waals surface area contributed by atoms with Crippen molar-refractivity contribution in [3.05, 3.63) is 22.2 Å². The number of carbonyl (C=O) groups excluding carboxylic acids is 1. The van der Waals surface area contributed by atoms with Crippen molar-refractivity contribution in [3.63, 3.8) is 0 Å². The Morgan fingerprint density at radius 1 is 1.41 bits per heavy atom. The van der Waals surface area contributed by atoms with Crippen LogP contribution in [0.25, 0.3) is 0 Å². The van der Waals surface area contributed by atoms with Crippen LogP contribution in [0.4, 0.5) is 0 Å². The van der Waals surface area contributed by atoms with Crippen molar-refractivity contribution in [3.8, 4) is 0 Å². The van der Waals surface area contributed by atoms with Crippen LogP contribution in [-0.4, -0.2) is 33.4 Å². The molecule has 0 fully saturated rings. The molecule has 0 saturated carbocycles. The van der Waals surface area contributed by atoms with Crippen molar-refractivity contribution in [1.29, 1.82) is 0 Å². The van der Waals surface area contributed by atoms with Gasteiger partial charge in [-0.2, -0.15) is 25.3 Å². The molecule has 94 valence electrons. The first-order chi connectivity index (χ1) is 8.02. The Labute approximate surface area is 115 Å². The lowest BCUT2D eigenvalue weighted by atomic mass is 10.1. The number of thiol groups is 2. The van der Waals surface area contributed by atoms with Gasteiger partial charge in [-0.05, 0) is 12.3 Å². The summed E-state index contributed by atoms with van der Waals surface area (Å²) in [6.07, 6.45) is 0. The van der Waals surface area contributed by atoms with Crippen LogP contribution in [0.2, 0.25) is 0 Å². The normalized spacial score (nSPS) is 15.6. The number of hydrogen-bond acceptors (Lipinski definition) is 5. The van der Waals surface area contributed by atoms with E-state index in [1.807, 2.05) is 0 Å². The Hall–Kier alpha value is -0.530. The van der Waals surface area contributed by atoms with Crippen LogP contribution in [0.15, 0.2) is 22.2 Å². The average Bonchev–Trinajstić information content (AvgIpc) is 2.29. The molecule has 0 bridgehead atoms. The summed E-state index contributed by atoms with van der Waals surface area (Å²) >= 11 is 9.41. The second kappa shape index (κ2) is 6.42. The SMILES string of the molecule is CC1=CSC=C(C(=O)O)N1C(=O)C(CS)CS. The number of amides is 1. The molecule has 0 aromatic carbocycles. The summed E-state index contributed by atoms with van der Waals surface area (Å²) in [7, 11) is 0. The summed E-state index contributed by atoms with van der Waals surface area (Å²) < 4.78 is 0. The highest BCUT2D eigenvalue weighted by Crippen LogP contribution is 2.27. The number of carboxylic acid groups (broad SMARTS) is 1. The zero-order chi connectivity index (χ0) is 13.0. The minimum absolute atomic E-state index is 0.0198. The molecule has 1 N–H and O–H groups in total. The molecular weight excluding hydrogens is 278 g/mol. The molecule has 7 heteroatoms. The van der Waals surface area contributed by atoms with Gasteiger partial charge in [0, 0.05) is 22.6 Å². The third kappa shape index (κ3) is 3.23. The van der Waals surface area contributed by atoms with E-state index in [4.69, 9.17) is 5.11 Å². The Morgan fingerprint density at radius 3 is 2.47 bits per heavy atom. The fourth-order valence-corrected chi connectivity index (χ4v) is 2.81. The first-order valence-corrected chi connectivity index (χ1v) is 7.05. The predicted octanol–water partition coefficient (Wildman–Crippen LogP) is 1.82. The molecule has 0 spiro atoms. The fraction of sp³-hybridized carbons (Fsp3) is 0.400. The van der Waals surface area contributed by atoms with E-state index in [-0.39, 0.29) is 11.6 Å². The van der Waals surface area contributed by atoms with Gasteiger partial charge < -0.3 is 5.11 Å². The molecule has 0 atom stereocenters. The standard InChI is InChI=1S/C10H13NO3S3/c1-6-4-17-5-8(10(13)14)11(6)9(12)7(2-15)3-16/h4-5,7,15-16H,2-3H2,1H3,(H,13,14). The van der Waals surface area contributed by atoms with Gasteiger partial charge in [0.1, 0.15) is 5.70 Å². The molecule has 1 aliphatic heterocycles. The second-order valence-electron chi connectivity index (χ2n) is 3.44. The van der Waals surface area contributed by atoms with Gasteiger partial charge in [0.15, 0.2) is 0 Å². The van der Waals surface area contributed by atoms with E-state index in [9.17, 15) is 9.59 Å². The summed E-state index contributed by atoms with van der Waals surface area (Å²) in [5, 5.41) is 12.2. The van der Waals surface area contributed by atoms with Crippen LogP contribution in [0.5, 0.6) is 0 Å². The number of carboxylic acids is 1. The van der Waals surface area contributed by atoms with Gasteiger partial charge in [-0.25, -0.2) is 4.79 Å². The van der Waals surface area contributed by atoms with E-state index >= 15 is 0 Å². The molecule has 0 aliphatic carbocycles. The second-order valence-corrected chi connectivity index (χ2v) is 4.91. The van der Waals surface area contributed by atoms with Crippen LogP contribution < -0.4 is 0 Å². The number of carbonyl (C=O) groups is 2. The van der Waals surface area contributed by atoms with E-state index < -0.39 is 11.9 Å². The number of allylic oxidation sites excluding steroid dienone is 1. The number of thioether (sulfide) groups is 1. The molecule has 17 heavy (non-hydrogen) atoms. The number of nitrogens with zero attached hydrogens (tertiary/aromatic N) is 1. The molecule has 1 amide bonds. The molecular formula is C10H13NO3S3. The molecule has 1 rings (SSSR count). The highest BCUT2D eigenvalue weighted by Gasteiger charge is 2.30. The van der Waals surface area contributed by atoms with E-state index in [0.717, 1.165) is 0 Å². The zero-order valence-corrected chi connectivity index (χ0v) is 11.8. The predicted molar refractivity (Wildman–Crippen MR) is 75.1 cm³/mol. The Kier molecular flexibility index (Phi) is 5.48. The number of aliphatic carboxylic acids is 1. The molecule has 1 aliphatic rings. The van der Waals surface area contributed by atoms with Gasteiger partial charge in [0.2, 0.25) is 5.91 Å². The maximum Gasteiger partial charge on any atom is 0.353 e. The Morgan fingerprint density at radius 2 is 2.00 bits per heavy atom. The minimum atomic E-state index is -1.12. The van der Waals surface area contributed by atoms with E-state index in [1.165, 1.54) is 22.1 Å². The van der Waals surface area contributed by atoms with Crippen LogP contribution >= 0.6 is 37.0 Å². The van der Waals surface area contributed by atoms with Crippen molar-refractivity contribution < 1.29 is 14.7 Å². The van der Waals surface area contributed by atoms with Gasteiger partial charge in [-0.3, -0.25) is 9.69 Å². The van der Waals surface area contributed by atoms with Crippen LogP contribution in [0.3, 0.4) is 0 Å². The topological polar surface area (TPSA) is 57.6 Å². The first-order valence-electron chi connectivity index (χ1n) is 4.84. The van der Waals surface area contributed by atoms with Crippen molar-refractivity contribution in [1.82, 2.24) is 4.90 Å². The maximum atomic E-state index is 12.2. The van der Waals surface area contributed by atoms with E-state index in [2.05, 4.69) is 25.3 Å². The van der Waals surface area contributed by atoms with E-state index in [0.29, 0.717) is 17.2 Å². The Bertz CT molecular complexity index is 388. The monoisotopic (exact) mass is 291 g/mol. The molecule has 4 nitrogen and oxygen atoms in total. The summed E-state index contributed by atoms with van der Waals surface area (Å²) in [4.78, 5) is 24.5. The quantitative estimate of drug-likeness (QED) is 0.692. The number of rotatable bonds is 4. The summed E-state index contributed by atoms with van der Waals surface area (Å²) in [6.45, 7) is 1.70. The first kappa shape index (κ1) is 14.5. The van der Waals surface area contributed by atoms with Gasteiger partial charge >= 0.3 is 5.97 Å². The highest BCUT2D eigenvalue weighted by atomic mass is 32.2. The lowest BCUT2D eigenvalue weighted by Crippen LogP contribution is -2.38. The van der Waals surface area contributed by atoms with Gasteiger partial charge in [0.05, 0.1) is 5.92 Å². The van der Waals surface area contributed by atoms with Crippen molar-refractivity contribution >= 4 is 48.9 Å². The van der Waals surface area contributed by atoms with Gasteiger partial charge in [0.25, 0.3) is 0 Å². The van der Waals surface area contributed by atoms with Gasteiger partial charge in [-0.1, -0.05) is 0 Å². The minimum Gasteiger partial charge on any atom is -0.477 e. The van der Waals surface area contributed by atoms with Crippen LogP contribution in [-0.2, 0) is 9.59 Å². The molecule has 0 radical (unpaired) electrons. The van der Waals surface area contributed by atoms with E-state index in [1.54, 1.807) is 12.3 Å². The fourth-order valence-electron chi connectivity index (χ4n) is 1.33. The summed E-state index contributed by atoms with van der Waals surface area (Å²) in [5.41, 5.74) is 0.585. The molecule has 0 unspecified atom stereocenters. The summed E-state index contributed by atoms with van der Waals surface area (Å²) in [5.74, 6) is -1.11. The van der Waals surface area contributed by atoms with Gasteiger partial charge in [-0.15, -0.1) is 11.8 Å². The largest absolute Gasteiger partial charge is 0.477 e. The zero-order valence-electron chi connectivity index (χ0n) is 9.16. The highest BCUT2D eigenvalue weighted by molar-refractivity contribution is 8.05. The lowest BCUT2D eigenvalue weighted by molar-refractivity contribution is -0.139. The Balaban J connectivity index is 3.02. The lowest BCUT2D eigenvalue weighted by Gasteiger charge is -2.28. The molecule has 0 aromatic rings. The van der Waals surface area contributed by atoms with Crippen molar-refractivity contribution in [2.75, 3.05) is 11.5 Å². The molecule has 0 aromatic heterocycles. The van der Waals surface area contributed by atoms with Crippen molar-refractivity contribution in [2.24, 2.45) is 5.92 Å². The molecule has 1 heterocycles. The third-order valence-corrected chi connectivity index (χ3v) is 3.96. The molecule has 0 saturated heterocycles. The smallest absolute Gasteiger partial charge is 0.353 e. The summed E-state index contributed by atoms with van der Waals surface area (Å²) in [6, 6.07) is 0. The van der Waals surface area contributed by atoms with Crippen LogP contribution in [0, 0.1) is 5.92 Å². The van der Waals surface area contributed by atoms with Crippen molar-refractivity contribution in [2.45, 2.75) is 6.92 Å². The average molecular weight is 291 g/mol.